The highest BCUT2D eigenvalue weighted by Gasteiger charge is 2.34. The Bertz CT molecular complexity index is 1050. The lowest BCUT2D eigenvalue weighted by Crippen LogP contribution is -2.45. The zero-order valence-electron chi connectivity index (χ0n) is 17.5. The summed E-state index contributed by atoms with van der Waals surface area (Å²) in [5.41, 5.74) is 1.40. The first-order chi connectivity index (χ1) is 14.7. The highest BCUT2D eigenvalue weighted by atomic mass is 35.5. The summed E-state index contributed by atoms with van der Waals surface area (Å²) in [6, 6.07) is 9.23. The van der Waals surface area contributed by atoms with Crippen molar-refractivity contribution >= 4 is 44.8 Å². The quantitative estimate of drug-likeness (QED) is 0.580. The standard InChI is InChI=1S/C22H26Cl2N2O4S/c1-15-12-16(23)8-10-20(15)25-22(27)14-26(17-6-4-3-5-7-17)31(28,29)18-9-11-21(30-2)19(24)13-18/h8-13,17H,3-7,14H2,1-2H3,(H,25,27). The molecule has 0 radical (unpaired) electrons. The van der Waals surface area contributed by atoms with E-state index in [9.17, 15) is 13.2 Å². The summed E-state index contributed by atoms with van der Waals surface area (Å²) < 4.78 is 33.5. The lowest BCUT2D eigenvalue weighted by Gasteiger charge is -2.33. The first-order valence-electron chi connectivity index (χ1n) is 10.1. The highest BCUT2D eigenvalue weighted by molar-refractivity contribution is 7.89. The fourth-order valence-corrected chi connectivity index (χ4v) is 6.04. The number of amides is 1. The Morgan fingerprint density at radius 2 is 1.84 bits per heavy atom. The first-order valence-corrected chi connectivity index (χ1v) is 12.3. The van der Waals surface area contributed by atoms with Gasteiger partial charge in [0.2, 0.25) is 15.9 Å². The molecule has 9 heteroatoms. The molecular weight excluding hydrogens is 459 g/mol. The molecule has 1 N–H and O–H groups in total. The molecule has 31 heavy (non-hydrogen) atoms. The van der Waals surface area contributed by atoms with Crippen LogP contribution in [0.4, 0.5) is 5.69 Å². The van der Waals surface area contributed by atoms with E-state index in [1.165, 1.54) is 29.6 Å². The van der Waals surface area contributed by atoms with Crippen molar-refractivity contribution in [2.24, 2.45) is 0 Å². The summed E-state index contributed by atoms with van der Waals surface area (Å²) in [6.07, 6.45) is 4.36. The van der Waals surface area contributed by atoms with E-state index in [1.807, 2.05) is 6.92 Å². The Balaban J connectivity index is 1.88. The third-order valence-electron chi connectivity index (χ3n) is 5.47. The highest BCUT2D eigenvalue weighted by Crippen LogP contribution is 2.32. The topological polar surface area (TPSA) is 75.7 Å². The van der Waals surface area contributed by atoms with Crippen molar-refractivity contribution in [2.75, 3.05) is 19.0 Å². The Morgan fingerprint density at radius 3 is 2.45 bits per heavy atom. The van der Waals surface area contributed by atoms with E-state index < -0.39 is 15.9 Å². The van der Waals surface area contributed by atoms with Gasteiger partial charge in [0.15, 0.2) is 0 Å². The number of hydrogen-bond acceptors (Lipinski definition) is 4. The van der Waals surface area contributed by atoms with E-state index in [0.717, 1.165) is 37.7 Å². The van der Waals surface area contributed by atoms with E-state index >= 15 is 0 Å². The van der Waals surface area contributed by atoms with Crippen LogP contribution in [0.25, 0.3) is 0 Å². The minimum atomic E-state index is -3.94. The van der Waals surface area contributed by atoms with Gasteiger partial charge in [0.1, 0.15) is 5.75 Å². The van der Waals surface area contributed by atoms with Crippen LogP contribution in [-0.2, 0) is 14.8 Å². The summed E-state index contributed by atoms with van der Waals surface area (Å²) >= 11 is 12.2. The van der Waals surface area contributed by atoms with Crippen LogP contribution in [0.5, 0.6) is 5.75 Å². The SMILES string of the molecule is COc1ccc(S(=O)(=O)N(CC(=O)Nc2ccc(Cl)cc2C)C2CCCCC2)cc1Cl. The van der Waals surface area contributed by atoms with Crippen LogP contribution in [0.1, 0.15) is 37.7 Å². The number of methoxy groups -OCH3 is 1. The average Bonchev–Trinajstić information content (AvgIpc) is 2.74. The number of benzene rings is 2. The second-order valence-corrected chi connectivity index (χ2v) is 10.4. The normalized spacial score (nSPS) is 15.1. The maximum atomic E-state index is 13.5. The van der Waals surface area contributed by atoms with Crippen molar-refractivity contribution in [2.45, 2.75) is 50.0 Å². The van der Waals surface area contributed by atoms with E-state index in [-0.39, 0.29) is 22.5 Å². The molecule has 2 aromatic carbocycles. The molecule has 0 atom stereocenters. The lowest BCUT2D eigenvalue weighted by molar-refractivity contribution is -0.116. The molecule has 0 bridgehead atoms. The molecule has 0 heterocycles. The van der Waals surface area contributed by atoms with Crippen LogP contribution >= 0.6 is 23.2 Å². The summed E-state index contributed by atoms with van der Waals surface area (Å²) in [7, 11) is -2.48. The zero-order valence-corrected chi connectivity index (χ0v) is 19.9. The first kappa shape index (κ1) is 23.9. The summed E-state index contributed by atoms with van der Waals surface area (Å²) in [5, 5.41) is 3.58. The number of carbonyl (C=O) groups is 1. The zero-order chi connectivity index (χ0) is 22.6. The number of sulfonamides is 1. The maximum Gasteiger partial charge on any atom is 0.243 e. The molecule has 1 aliphatic rings. The molecule has 6 nitrogen and oxygen atoms in total. The number of hydrogen-bond donors (Lipinski definition) is 1. The molecule has 168 valence electrons. The van der Waals surface area contributed by atoms with Gasteiger partial charge in [0.05, 0.1) is 23.6 Å². The van der Waals surface area contributed by atoms with Gasteiger partial charge >= 0.3 is 0 Å². The second kappa shape index (κ2) is 10.2. The molecule has 1 fully saturated rings. The monoisotopic (exact) mass is 484 g/mol. The minimum Gasteiger partial charge on any atom is -0.495 e. The Hall–Kier alpha value is -1.80. The van der Waals surface area contributed by atoms with E-state index in [1.54, 1.807) is 18.2 Å². The average molecular weight is 485 g/mol. The number of aryl methyl sites for hydroxylation is 1. The summed E-state index contributed by atoms with van der Waals surface area (Å²) in [6.45, 7) is 1.55. The van der Waals surface area contributed by atoms with Crippen molar-refractivity contribution in [1.82, 2.24) is 4.31 Å². The molecule has 0 spiro atoms. The van der Waals surface area contributed by atoms with Crippen molar-refractivity contribution in [3.8, 4) is 5.75 Å². The van der Waals surface area contributed by atoms with Crippen molar-refractivity contribution in [1.29, 1.82) is 0 Å². The van der Waals surface area contributed by atoms with Gasteiger partial charge < -0.3 is 10.1 Å². The van der Waals surface area contributed by atoms with Gasteiger partial charge in [-0.15, -0.1) is 0 Å². The third kappa shape index (κ3) is 5.71. The molecule has 0 saturated heterocycles. The predicted octanol–water partition coefficient (Wildman–Crippen LogP) is 5.27. The van der Waals surface area contributed by atoms with Gasteiger partial charge in [0, 0.05) is 16.8 Å². The minimum absolute atomic E-state index is 0.0411. The molecule has 2 aromatic rings. The molecule has 0 unspecified atom stereocenters. The van der Waals surface area contributed by atoms with Gasteiger partial charge in [-0.1, -0.05) is 42.5 Å². The van der Waals surface area contributed by atoms with E-state index in [0.29, 0.717) is 16.5 Å². The van der Waals surface area contributed by atoms with Crippen LogP contribution in [-0.4, -0.2) is 38.3 Å². The maximum absolute atomic E-state index is 13.5. The van der Waals surface area contributed by atoms with E-state index in [2.05, 4.69) is 5.32 Å². The Kier molecular flexibility index (Phi) is 7.86. The largest absolute Gasteiger partial charge is 0.495 e. The smallest absolute Gasteiger partial charge is 0.243 e. The molecule has 1 saturated carbocycles. The molecule has 1 aliphatic carbocycles. The number of anilines is 1. The van der Waals surface area contributed by atoms with Crippen molar-refractivity contribution in [3.05, 3.63) is 52.0 Å². The fraction of sp³-hybridized carbons (Fsp3) is 0.409. The number of nitrogens with one attached hydrogen (secondary N) is 1. The van der Waals surface area contributed by atoms with Gasteiger partial charge in [-0.3, -0.25) is 4.79 Å². The van der Waals surface area contributed by atoms with Crippen molar-refractivity contribution in [3.63, 3.8) is 0 Å². The van der Waals surface area contributed by atoms with Crippen molar-refractivity contribution < 1.29 is 17.9 Å². The molecule has 0 aliphatic heterocycles. The van der Waals surface area contributed by atoms with Crippen LogP contribution < -0.4 is 10.1 Å². The Morgan fingerprint density at radius 1 is 1.13 bits per heavy atom. The van der Waals surface area contributed by atoms with Crippen LogP contribution in [0.2, 0.25) is 10.0 Å². The molecule has 1 amide bonds. The summed E-state index contributed by atoms with van der Waals surface area (Å²) in [4.78, 5) is 12.9. The second-order valence-electron chi connectivity index (χ2n) is 7.65. The number of nitrogens with zero attached hydrogens (tertiary/aromatic N) is 1. The van der Waals surface area contributed by atoms with Gasteiger partial charge in [-0.2, -0.15) is 4.31 Å². The molecule has 3 rings (SSSR count). The van der Waals surface area contributed by atoms with Gasteiger partial charge in [-0.05, 0) is 61.7 Å². The number of rotatable bonds is 7. The summed E-state index contributed by atoms with van der Waals surface area (Å²) in [5.74, 6) is -0.0139. The van der Waals surface area contributed by atoms with E-state index in [4.69, 9.17) is 27.9 Å². The Labute approximate surface area is 193 Å². The van der Waals surface area contributed by atoms with Crippen LogP contribution in [0, 0.1) is 6.92 Å². The fourth-order valence-electron chi connectivity index (χ4n) is 3.82. The molecular formula is C22H26Cl2N2O4S. The molecule has 0 aromatic heterocycles. The predicted molar refractivity (Wildman–Crippen MR) is 124 cm³/mol. The number of halogens is 2. The van der Waals surface area contributed by atoms with Gasteiger partial charge in [-0.25, -0.2) is 8.42 Å². The van der Waals surface area contributed by atoms with Crippen LogP contribution in [0.15, 0.2) is 41.3 Å². The lowest BCUT2D eigenvalue weighted by atomic mass is 9.95. The number of carbonyl (C=O) groups excluding carboxylic acids is 1. The number of ether oxygens (including phenoxy) is 1. The van der Waals surface area contributed by atoms with Gasteiger partial charge in [0.25, 0.3) is 0 Å². The van der Waals surface area contributed by atoms with Crippen LogP contribution in [0.3, 0.4) is 0 Å². The third-order valence-corrected chi connectivity index (χ3v) is 7.90.